The number of anilines is 1. The van der Waals surface area contributed by atoms with E-state index in [1.165, 1.54) is 0 Å². The van der Waals surface area contributed by atoms with Crippen LogP contribution in [-0.2, 0) is 16.0 Å². The highest BCUT2D eigenvalue weighted by molar-refractivity contribution is 6.31. The van der Waals surface area contributed by atoms with E-state index >= 15 is 0 Å². The van der Waals surface area contributed by atoms with E-state index in [0.29, 0.717) is 40.7 Å². The summed E-state index contributed by atoms with van der Waals surface area (Å²) in [5, 5.41) is 9.19. The number of carbonyl (C=O) groups excluding carboxylic acids is 2. The summed E-state index contributed by atoms with van der Waals surface area (Å²) in [4.78, 5) is 29.3. The lowest BCUT2D eigenvalue weighted by molar-refractivity contribution is -0.126. The average molecular weight is 437 g/mol. The number of benzene rings is 2. The van der Waals surface area contributed by atoms with Crippen molar-refractivity contribution in [2.24, 2.45) is 0 Å². The summed E-state index contributed by atoms with van der Waals surface area (Å²) in [6.45, 7) is 0.306. The lowest BCUT2D eigenvalue weighted by atomic mass is 10.0. The molecule has 2 aromatic carbocycles. The third kappa shape index (κ3) is 5.13. The Hall–Kier alpha value is -3.58. The molecule has 3 aromatic rings. The smallest absolute Gasteiger partial charge is 0.247 e. The van der Waals surface area contributed by atoms with Crippen LogP contribution in [0.4, 0.5) is 5.69 Å². The lowest BCUT2D eigenvalue weighted by Crippen LogP contribution is -2.41. The lowest BCUT2D eigenvalue weighted by Gasteiger charge is -2.18. The van der Waals surface area contributed by atoms with Gasteiger partial charge in [-0.3, -0.25) is 14.6 Å². The van der Waals surface area contributed by atoms with Gasteiger partial charge in [0.05, 0.1) is 12.2 Å². The van der Waals surface area contributed by atoms with Crippen LogP contribution in [0.1, 0.15) is 17.3 Å². The van der Waals surface area contributed by atoms with E-state index in [9.17, 15) is 9.59 Å². The van der Waals surface area contributed by atoms with Crippen molar-refractivity contribution in [2.75, 3.05) is 18.4 Å². The molecule has 158 valence electrons. The molecule has 2 amide bonds. The fourth-order valence-electron chi connectivity index (χ4n) is 3.28. The molecule has 1 aliphatic heterocycles. The van der Waals surface area contributed by atoms with E-state index in [-0.39, 0.29) is 18.4 Å². The average Bonchev–Trinajstić information content (AvgIpc) is 2.95. The minimum Gasteiger partial charge on any atom is -0.455 e. The van der Waals surface area contributed by atoms with Gasteiger partial charge in [0, 0.05) is 35.4 Å². The number of amides is 2. The first-order valence-corrected chi connectivity index (χ1v) is 10.2. The molecule has 0 fully saturated rings. The quantitative estimate of drug-likeness (QED) is 0.550. The first-order chi connectivity index (χ1) is 15.1. The SMILES string of the molecule is O=C(CNC(=O)C1Nc2cc(Cl)ccc2Oc2ccccc21)NCCc1ccccn1. The fraction of sp³-hybridized carbons (Fsp3) is 0.174. The molecule has 7 nitrogen and oxygen atoms in total. The first-order valence-electron chi connectivity index (χ1n) is 9.87. The summed E-state index contributed by atoms with van der Waals surface area (Å²) in [5.74, 6) is 0.519. The number of para-hydroxylation sites is 1. The molecule has 0 bridgehead atoms. The molecule has 1 unspecified atom stereocenters. The molecule has 31 heavy (non-hydrogen) atoms. The van der Waals surface area contributed by atoms with Crippen molar-refractivity contribution in [3.63, 3.8) is 0 Å². The molecule has 3 N–H and O–H groups in total. The van der Waals surface area contributed by atoms with Gasteiger partial charge in [-0.05, 0) is 36.4 Å². The molecule has 8 heteroatoms. The summed E-state index contributed by atoms with van der Waals surface area (Å²) in [6.07, 6.45) is 2.33. The summed E-state index contributed by atoms with van der Waals surface area (Å²) in [5.41, 5.74) is 2.16. The maximum atomic E-state index is 13.0. The minimum atomic E-state index is -0.739. The Kier molecular flexibility index (Phi) is 6.33. The van der Waals surface area contributed by atoms with Crippen LogP contribution in [-0.4, -0.2) is 29.9 Å². The molecule has 1 aromatic heterocycles. The van der Waals surface area contributed by atoms with E-state index in [2.05, 4.69) is 20.9 Å². The summed E-state index contributed by atoms with van der Waals surface area (Å²) in [6, 6.07) is 17.3. The number of carbonyl (C=O) groups is 2. The van der Waals surface area contributed by atoms with Crippen LogP contribution >= 0.6 is 11.6 Å². The van der Waals surface area contributed by atoms with Gasteiger partial charge in [0.1, 0.15) is 11.8 Å². The van der Waals surface area contributed by atoms with Crippen molar-refractivity contribution in [1.82, 2.24) is 15.6 Å². The van der Waals surface area contributed by atoms with Crippen molar-refractivity contribution in [3.05, 3.63) is 83.1 Å². The van der Waals surface area contributed by atoms with E-state index in [1.54, 1.807) is 30.5 Å². The van der Waals surface area contributed by atoms with Crippen molar-refractivity contribution >= 4 is 29.1 Å². The van der Waals surface area contributed by atoms with Crippen LogP contribution in [0.25, 0.3) is 0 Å². The number of pyridine rings is 1. The monoisotopic (exact) mass is 436 g/mol. The van der Waals surface area contributed by atoms with Crippen LogP contribution in [0.5, 0.6) is 11.5 Å². The Labute approximate surface area is 184 Å². The van der Waals surface area contributed by atoms with Gasteiger partial charge in [0.2, 0.25) is 11.8 Å². The largest absolute Gasteiger partial charge is 0.455 e. The molecule has 1 aliphatic rings. The molecule has 0 aliphatic carbocycles. The van der Waals surface area contributed by atoms with E-state index in [0.717, 1.165) is 5.69 Å². The molecule has 0 radical (unpaired) electrons. The number of ether oxygens (including phenoxy) is 1. The highest BCUT2D eigenvalue weighted by atomic mass is 35.5. The van der Waals surface area contributed by atoms with Gasteiger partial charge in [-0.2, -0.15) is 0 Å². The zero-order valence-electron chi connectivity index (χ0n) is 16.6. The Morgan fingerprint density at radius 2 is 1.87 bits per heavy atom. The minimum absolute atomic E-state index is 0.134. The molecule has 2 heterocycles. The van der Waals surface area contributed by atoms with Gasteiger partial charge in [-0.1, -0.05) is 35.9 Å². The number of halogens is 1. The van der Waals surface area contributed by atoms with Crippen molar-refractivity contribution < 1.29 is 14.3 Å². The maximum Gasteiger partial charge on any atom is 0.247 e. The van der Waals surface area contributed by atoms with E-state index in [1.807, 2.05) is 36.4 Å². The molecular formula is C23H21ClN4O3. The predicted octanol–water partition coefficient (Wildman–Crippen LogP) is 3.47. The predicted molar refractivity (Wildman–Crippen MR) is 118 cm³/mol. The fourth-order valence-corrected chi connectivity index (χ4v) is 3.45. The maximum absolute atomic E-state index is 13.0. The number of nitrogens with zero attached hydrogens (tertiary/aromatic N) is 1. The van der Waals surface area contributed by atoms with Gasteiger partial charge in [-0.25, -0.2) is 0 Å². The van der Waals surface area contributed by atoms with Crippen LogP contribution in [0, 0.1) is 0 Å². The molecular weight excluding hydrogens is 416 g/mol. The van der Waals surface area contributed by atoms with Crippen LogP contribution in [0.2, 0.25) is 5.02 Å². The first kappa shape index (κ1) is 20.7. The van der Waals surface area contributed by atoms with Crippen molar-refractivity contribution in [2.45, 2.75) is 12.5 Å². The van der Waals surface area contributed by atoms with Gasteiger partial charge < -0.3 is 20.7 Å². The van der Waals surface area contributed by atoms with Crippen LogP contribution < -0.4 is 20.7 Å². The Morgan fingerprint density at radius 3 is 2.71 bits per heavy atom. The second kappa shape index (κ2) is 9.49. The van der Waals surface area contributed by atoms with E-state index in [4.69, 9.17) is 16.3 Å². The number of hydrogen-bond acceptors (Lipinski definition) is 5. The molecule has 4 rings (SSSR count). The van der Waals surface area contributed by atoms with Crippen LogP contribution in [0.3, 0.4) is 0 Å². The molecule has 1 atom stereocenters. The number of fused-ring (bicyclic) bond motifs is 2. The third-order valence-electron chi connectivity index (χ3n) is 4.81. The zero-order valence-corrected chi connectivity index (χ0v) is 17.4. The second-order valence-corrected chi connectivity index (χ2v) is 7.43. The standard InChI is InChI=1S/C23H21ClN4O3/c24-15-8-9-20-18(13-15)28-22(17-6-1-2-7-19(17)31-20)23(30)27-14-21(29)26-12-10-16-5-3-4-11-25-16/h1-9,11,13,22,28H,10,12,14H2,(H,26,29)(H,27,30). The van der Waals surface area contributed by atoms with Gasteiger partial charge in [0.25, 0.3) is 0 Å². The molecule has 0 saturated heterocycles. The Morgan fingerprint density at radius 1 is 1.03 bits per heavy atom. The van der Waals surface area contributed by atoms with E-state index < -0.39 is 6.04 Å². The normalized spacial score (nSPS) is 14.2. The van der Waals surface area contributed by atoms with Gasteiger partial charge in [-0.15, -0.1) is 0 Å². The molecule has 0 saturated carbocycles. The van der Waals surface area contributed by atoms with Crippen molar-refractivity contribution in [3.8, 4) is 11.5 Å². The number of aromatic nitrogens is 1. The van der Waals surface area contributed by atoms with Crippen molar-refractivity contribution in [1.29, 1.82) is 0 Å². The Balaban J connectivity index is 1.39. The number of hydrogen-bond donors (Lipinski definition) is 3. The van der Waals surface area contributed by atoms with Gasteiger partial charge >= 0.3 is 0 Å². The highest BCUT2D eigenvalue weighted by Gasteiger charge is 2.28. The highest BCUT2D eigenvalue weighted by Crippen LogP contribution is 2.41. The third-order valence-corrected chi connectivity index (χ3v) is 5.04. The summed E-state index contributed by atoms with van der Waals surface area (Å²) < 4.78 is 5.97. The topological polar surface area (TPSA) is 92.4 Å². The molecule has 0 spiro atoms. The summed E-state index contributed by atoms with van der Waals surface area (Å²) >= 11 is 6.11. The zero-order chi connectivity index (χ0) is 21.6. The number of rotatable bonds is 6. The number of nitrogens with one attached hydrogen (secondary N) is 3. The summed E-state index contributed by atoms with van der Waals surface area (Å²) in [7, 11) is 0. The Bertz CT molecular complexity index is 1090. The van der Waals surface area contributed by atoms with Crippen LogP contribution in [0.15, 0.2) is 66.9 Å². The second-order valence-electron chi connectivity index (χ2n) is 7.00. The van der Waals surface area contributed by atoms with Gasteiger partial charge in [0.15, 0.2) is 5.75 Å².